The number of hydrazone groups is 1. The molecule has 0 aliphatic carbocycles. The first-order valence-electron chi connectivity index (χ1n) is 9.36. The van der Waals surface area contributed by atoms with E-state index in [0.717, 1.165) is 11.3 Å². The van der Waals surface area contributed by atoms with Gasteiger partial charge in [0.1, 0.15) is 11.5 Å². The first-order chi connectivity index (χ1) is 14.9. The third kappa shape index (κ3) is 6.42. The lowest BCUT2D eigenvalue weighted by Gasteiger charge is -2.12. The first kappa shape index (κ1) is 22.0. The van der Waals surface area contributed by atoms with Crippen LogP contribution in [-0.4, -0.2) is 32.1 Å². The van der Waals surface area contributed by atoms with E-state index in [2.05, 4.69) is 31.8 Å². The lowest BCUT2D eigenvalue weighted by atomic mass is 10.1. The fourth-order valence-corrected chi connectivity index (χ4v) is 2.91. The van der Waals surface area contributed by atoms with E-state index in [1.54, 1.807) is 42.5 Å². The third-order valence-electron chi connectivity index (χ3n) is 4.20. The van der Waals surface area contributed by atoms with E-state index in [4.69, 9.17) is 4.42 Å². The molecule has 31 heavy (non-hydrogen) atoms. The molecule has 0 saturated carbocycles. The van der Waals surface area contributed by atoms with E-state index in [-0.39, 0.29) is 5.70 Å². The summed E-state index contributed by atoms with van der Waals surface area (Å²) in [5.41, 5.74) is 4.68. The fraction of sp³-hybridized carbons (Fsp3) is 0.0870. The van der Waals surface area contributed by atoms with Crippen molar-refractivity contribution in [1.82, 2.24) is 10.7 Å². The van der Waals surface area contributed by atoms with Gasteiger partial charge in [-0.25, -0.2) is 5.43 Å². The molecular weight excluding hydrogens is 460 g/mol. The van der Waals surface area contributed by atoms with Gasteiger partial charge < -0.3 is 14.6 Å². The molecule has 2 N–H and O–H groups in total. The highest BCUT2D eigenvalue weighted by atomic mass is 79.9. The second-order valence-corrected chi connectivity index (χ2v) is 7.49. The molecule has 3 rings (SSSR count). The summed E-state index contributed by atoms with van der Waals surface area (Å²) in [6.45, 7) is 0. The summed E-state index contributed by atoms with van der Waals surface area (Å²) in [4.78, 5) is 27.3. The number of carbonyl (C=O) groups is 2. The maximum atomic E-state index is 12.7. The average Bonchev–Trinajstić information content (AvgIpc) is 3.19. The van der Waals surface area contributed by atoms with Gasteiger partial charge in [0.05, 0.1) is 6.21 Å². The molecular formula is C23H21BrN4O3. The van der Waals surface area contributed by atoms with Crippen molar-refractivity contribution in [2.75, 3.05) is 19.0 Å². The monoisotopic (exact) mass is 480 g/mol. The molecule has 1 heterocycles. The maximum absolute atomic E-state index is 12.7. The van der Waals surface area contributed by atoms with Gasteiger partial charge in [0.25, 0.3) is 11.8 Å². The second-order valence-electron chi connectivity index (χ2n) is 6.71. The van der Waals surface area contributed by atoms with E-state index in [0.29, 0.717) is 16.0 Å². The van der Waals surface area contributed by atoms with E-state index in [1.165, 1.54) is 6.21 Å². The highest BCUT2D eigenvalue weighted by molar-refractivity contribution is 9.10. The number of furan rings is 1. The Morgan fingerprint density at radius 3 is 2.32 bits per heavy atom. The Bertz CT molecular complexity index is 1100. The number of benzene rings is 2. The van der Waals surface area contributed by atoms with Gasteiger partial charge >= 0.3 is 0 Å². The summed E-state index contributed by atoms with van der Waals surface area (Å²) in [5.74, 6) is -0.501. The van der Waals surface area contributed by atoms with Gasteiger partial charge in [0.2, 0.25) is 0 Å². The zero-order chi connectivity index (χ0) is 22.2. The van der Waals surface area contributed by atoms with Crippen LogP contribution in [0.5, 0.6) is 0 Å². The molecule has 7 nitrogen and oxygen atoms in total. The van der Waals surface area contributed by atoms with Crippen molar-refractivity contribution in [3.8, 4) is 0 Å². The van der Waals surface area contributed by atoms with Crippen LogP contribution in [0.2, 0.25) is 0 Å². The number of carbonyl (C=O) groups excluding carboxylic acids is 2. The minimum absolute atomic E-state index is 0.0595. The van der Waals surface area contributed by atoms with Crippen LogP contribution in [0.4, 0.5) is 5.69 Å². The summed E-state index contributed by atoms with van der Waals surface area (Å²) in [5, 5.41) is 6.56. The molecule has 2 aromatic carbocycles. The number of anilines is 1. The van der Waals surface area contributed by atoms with Crippen molar-refractivity contribution in [3.63, 3.8) is 0 Å². The molecule has 0 radical (unpaired) electrons. The zero-order valence-corrected chi connectivity index (χ0v) is 18.6. The minimum atomic E-state index is -0.567. The molecule has 0 bridgehead atoms. The van der Waals surface area contributed by atoms with Crippen LogP contribution in [0, 0.1) is 0 Å². The average molecular weight is 481 g/mol. The Kier molecular flexibility index (Phi) is 7.40. The zero-order valence-electron chi connectivity index (χ0n) is 17.0. The molecule has 8 heteroatoms. The van der Waals surface area contributed by atoms with Crippen LogP contribution < -0.4 is 15.6 Å². The van der Waals surface area contributed by atoms with E-state index in [9.17, 15) is 9.59 Å². The minimum Gasteiger partial charge on any atom is -0.448 e. The Labute approximate surface area is 188 Å². The Morgan fingerprint density at radius 1 is 1.00 bits per heavy atom. The van der Waals surface area contributed by atoms with Gasteiger partial charge in [-0.15, -0.1) is 0 Å². The van der Waals surface area contributed by atoms with Gasteiger partial charge in [-0.3, -0.25) is 9.59 Å². The van der Waals surface area contributed by atoms with Crippen molar-refractivity contribution in [3.05, 3.63) is 94.0 Å². The van der Waals surface area contributed by atoms with Crippen molar-refractivity contribution >= 4 is 45.7 Å². The van der Waals surface area contributed by atoms with Crippen molar-refractivity contribution in [2.24, 2.45) is 5.10 Å². The number of hydrogen-bond acceptors (Lipinski definition) is 5. The normalized spacial score (nSPS) is 11.4. The fourth-order valence-electron chi connectivity index (χ4n) is 2.59. The number of nitrogens with one attached hydrogen (secondary N) is 2. The molecule has 0 fully saturated rings. The Balaban J connectivity index is 1.81. The quantitative estimate of drug-likeness (QED) is 0.303. The van der Waals surface area contributed by atoms with Gasteiger partial charge in [-0.05, 0) is 64.0 Å². The van der Waals surface area contributed by atoms with Gasteiger partial charge in [-0.2, -0.15) is 5.10 Å². The van der Waals surface area contributed by atoms with Crippen LogP contribution in [-0.2, 0) is 4.79 Å². The molecule has 0 spiro atoms. The van der Waals surface area contributed by atoms with Crippen LogP contribution >= 0.6 is 15.9 Å². The molecule has 2 amide bonds. The third-order valence-corrected chi connectivity index (χ3v) is 4.63. The SMILES string of the molecule is CN(C)c1ccc(C=C(NC(=O)c2ccccc2)C(=O)NN=Cc2ccc(Br)o2)cc1. The van der Waals surface area contributed by atoms with E-state index >= 15 is 0 Å². The molecule has 0 saturated heterocycles. The Morgan fingerprint density at radius 2 is 1.71 bits per heavy atom. The highest BCUT2D eigenvalue weighted by Gasteiger charge is 2.14. The van der Waals surface area contributed by atoms with Gasteiger partial charge in [0.15, 0.2) is 4.67 Å². The van der Waals surface area contributed by atoms with Crippen LogP contribution in [0.25, 0.3) is 6.08 Å². The van der Waals surface area contributed by atoms with Crippen molar-refractivity contribution in [1.29, 1.82) is 0 Å². The lowest BCUT2D eigenvalue weighted by molar-refractivity contribution is -0.117. The first-order valence-corrected chi connectivity index (χ1v) is 10.2. The van der Waals surface area contributed by atoms with Crippen molar-refractivity contribution in [2.45, 2.75) is 0 Å². The number of halogens is 1. The Hall–Kier alpha value is -3.65. The summed E-state index contributed by atoms with van der Waals surface area (Å²) in [6, 6.07) is 19.6. The maximum Gasteiger partial charge on any atom is 0.287 e. The molecule has 0 aliphatic heterocycles. The van der Waals surface area contributed by atoms with Crippen LogP contribution in [0.1, 0.15) is 21.7 Å². The molecule has 3 aromatic rings. The number of hydrogen-bond donors (Lipinski definition) is 2. The molecule has 0 atom stereocenters. The number of nitrogens with zero attached hydrogens (tertiary/aromatic N) is 2. The topological polar surface area (TPSA) is 86.9 Å². The number of rotatable bonds is 7. The lowest BCUT2D eigenvalue weighted by Crippen LogP contribution is -2.32. The number of amides is 2. The summed E-state index contributed by atoms with van der Waals surface area (Å²) >= 11 is 3.20. The smallest absolute Gasteiger partial charge is 0.287 e. The van der Waals surface area contributed by atoms with Gasteiger partial charge in [0, 0.05) is 25.3 Å². The molecule has 0 unspecified atom stereocenters. The van der Waals surface area contributed by atoms with Crippen LogP contribution in [0.15, 0.2) is 86.6 Å². The van der Waals surface area contributed by atoms with Gasteiger partial charge in [-0.1, -0.05) is 30.3 Å². The standard InChI is InChI=1S/C23H21BrN4O3/c1-28(2)18-10-8-16(9-11-18)14-20(26-22(29)17-6-4-3-5-7-17)23(30)27-25-15-19-12-13-21(24)31-19/h3-15H,1-2H3,(H,26,29)(H,27,30). The van der Waals surface area contributed by atoms with E-state index in [1.807, 2.05) is 49.3 Å². The molecule has 158 valence electrons. The summed E-state index contributed by atoms with van der Waals surface area (Å²) in [7, 11) is 3.89. The van der Waals surface area contributed by atoms with Crippen molar-refractivity contribution < 1.29 is 14.0 Å². The predicted octanol–water partition coefficient (Wildman–Crippen LogP) is 4.03. The van der Waals surface area contributed by atoms with E-state index < -0.39 is 11.8 Å². The predicted molar refractivity (Wildman–Crippen MR) is 125 cm³/mol. The molecule has 1 aromatic heterocycles. The summed E-state index contributed by atoms with van der Waals surface area (Å²) < 4.78 is 5.85. The van der Waals surface area contributed by atoms with Crippen LogP contribution in [0.3, 0.4) is 0 Å². The summed E-state index contributed by atoms with van der Waals surface area (Å²) in [6.07, 6.45) is 2.96. The molecule has 0 aliphatic rings. The highest BCUT2D eigenvalue weighted by Crippen LogP contribution is 2.15. The second kappa shape index (κ2) is 10.4. The largest absolute Gasteiger partial charge is 0.448 e.